The zero-order valence-corrected chi connectivity index (χ0v) is 11.7. The van der Waals surface area contributed by atoms with E-state index in [1.54, 1.807) is 0 Å². The van der Waals surface area contributed by atoms with Gasteiger partial charge in [0.2, 0.25) is 0 Å². The molecular formula is C16H22N2. The van der Waals surface area contributed by atoms with Gasteiger partial charge >= 0.3 is 0 Å². The number of aromatic nitrogens is 1. The molecule has 1 aromatic carbocycles. The van der Waals surface area contributed by atoms with Crippen LogP contribution >= 0.6 is 0 Å². The molecule has 0 aliphatic carbocycles. The van der Waals surface area contributed by atoms with Gasteiger partial charge in [-0.3, -0.25) is 4.98 Å². The van der Waals surface area contributed by atoms with Gasteiger partial charge < -0.3 is 5.32 Å². The molecule has 1 N–H and O–H groups in total. The molecule has 1 atom stereocenters. The van der Waals surface area contributed by atoms with Gasteiger partial charge in [-0.25, -0.2) is 0 Å². The van der Waals surface area contributed by atoms with Gasteiger partial charge in [0.1, 0.15) is 0 Å². The van der Waals surface area contributed by atoms with Crippen molar-refractivity contribution in [3.8, 4) is 0 Å². The van der Waals surface area contributed by atoms with Gasteiger partial charge in [0.15, 0.2) is 0 Å². The fourth-order valence-electron chi connectivity index (χ4n) is 2.68. The second kappa shape index (κ2) is 5.07. The molecule has 18 heavy (non-hydrogen) atoms. The van der Waals surface area contributed by atoms with Gasteiger partial charge in [0.05, 0.1) is 0 Å². The lowest BCUT2D eigenvalue weighted by Crippen LogP contribution is -2.31. The standard InChI is InChI=1S/C16H22N2/c1-12(17-4)10-16(2,3)15-7-5-6-13-8-9-18-11-14(13)15/h5-9,11-12,17H,10H2,1-4H3. The number of pyridine rings is 1. The number of rotatable bonds is 4. The van der Waals surface area contributed by atoms with E-state index in [9.17, 15) is 0 Å². The summed E-state index contributed by atoms with van der Waals surface area (Å²) in [5.41, 5.74) is 1.53. The maximum Gasteiger partial charge on any atom is 0.0349 e. The summed E-state index contributed by atoms with van der Waals surface area (Å²) in [5, 5.41) is 5.87. The molecule has 1 heterocycles. The SMILES string of the molecule is CNC(C)CC(C)(C)c1cccc2ccncc12. The van der Waals surface area contributed by atoms with E-state index in [1.165, 1.54) is 16.3 Å². The first kappa shape index (κ1) is 13.0. The van der Waals surface area contributed by atoms with E-state index in [-0.39, 0.29) is 5.41 Å². The molecule has 0 amide bonds. The lowest BCUT2D eigenvalue weighted by molar-refractivity contribution is 0.407. The van der Waals surface area contributed by atoms with Crippen LogP contribution in [0, 0.1) is 0 Å². The second-order valence-electron chi connectivity index (χ2n) is 5.68. The van der Waals surface area contributed by atoms with Gasteiger partial charge in [-0.15, -0.1) is 0 Å². The van der Waals surface area contributed by atoms with Crippen LogP contribution in [-0.4, -0.2) is 18.1 Å². The van der Waals surface area contributed by atoms with Crippen molar-refractivity contribution in [1.29, 1.82) is 0 Å². The fraction of sp³-hybridized carbons (Fsp3) is 0.438. The van der Waals surface area contributed by atoms with E-state index < -0.39 is 0 Å². The molecule has 0 radical (unpaired) electrons. The molecule has 0 bridgehead atoms. The van der Waals surface area contributed by atoms with E-state index in [0.717, 1.165) is 6.42 Å². The summed E-state index contributed by atoms with van der Waals surface area (Å²) in [5.74, 6) is 0. The Bertz CT molecular complexity index is 526. The Morgan fingerprint density at radius 1 is 1.28 bits per heavy atom. The van der Waals surface area contributed by atoms with E-state index in [4.69, 9.17) is 0 Å². The summed E-state index contributed by atoms with van der Waals surface area (Å²) in [7, 11) is 2.02. The normalized spacial score (nSPS) is 13.8. The lowest BCUT2D eigenvalue weighted by atomic mass is 9.77. The van der Waals surface area contributed by atoms with Gasteiger partial charge in [0.25, 0.3) is 0 Å². The Balaban J connectivity index is 2.46. The van der Waals surface area contributed by atoms with Crippen molar-refractivity contribution in [3.05, 3.63) is 42.2 Å². The Hall–Kier alpha value is -1.41. The van der Waals surface area contributed by atoms with Crippen molar-refractivity contribution < 1.29 is 0 Å². The minimum absolute atomic E-state index is 0.144. The number of hydrogen-bond acceptors (Lipinski definition) is 2. The molecule has 0 fully saturated rings. The third-order valence-corrected chi connectivity index (χ3v) is 3.72. The molecule has 96 valence electrons. The van der Waals surface area contributed by atoms with Gasteiger partial charge in [-0.05, 0) is 42.8 Å². The minimum Gasteiger partial charge on any atom is -0.317 e. The number of nitrogens with zero attached hydrogens (tertiary/aromatic N) is 1. The summed E-state index contributed by atoms with van der Waals surface area (Å²) in [4.78, 5) is 4.27. The molecule has 0 aliphatic rings. The third kappa shape index (κ3) is 2.54. The maximum atomic E-state index is 4.27. The van der Waals surface area contributed by atoms with Crippen molar-refractivity contribution in [2.75, 3.05) is 7.05 Å². The van der Waals surface area contributed by atoms with Crippen LogP contribution < -0.4 is 5.32 Å². The lowest BCUT2D eigenvalue weighted by Gasteiger charge is -2.29. The highest BCUT2D eigenvalue weighted by molar-refractivity contribution is 5.85. The highest BCUT2D eigenvalue weighted by Gasteiger charge is 2.24. The van der Waals surface area contributed by atoms with Crippen LogP contribution in [0.15, 0.2) is 36.7 Å². The van der Waals surface area contributed by atoms with Crippen molar-refractivity contribution in [3.63, 3.8) is 0 Å². The molecule has 0 spiro atoms. The molecule has 2 nitrogen and oxygen atoms in total. The fourth-order valence-corrected chi connectivity index (χ4v) is 2.68. The average Bonchev–Trinajstić information content (AvgIpc) is 2.37. The van der Waals surface area contributed by atoms with Gasteiger partial charge in [0, 0.05) is 23.8 Å². The first-order valence-corrected chi connectivity index (χ1v) is 6.55. The summed E-state index contributed by atoms with van der Waals surface area (Å²) in [6, 6.07) is 9.11. The Morgan fingerprint density at radius 3 is 2.78 bits per heavy atom. The molecule has 0 saturated carbocycles. The van der Waals surface area contributed by atoms with E-state index in [1.807, 2.05) is 19.4 Å². The van der Waals surface area contributed by atoms with E-state index in [0.29, 0.717) is 6.04 Å². The summed E-state index contributed by atoms with van der Waals surface area (Å²) >= 11 is 0. The number of benzene rings is 1. The first-order valence-electron chi connectivity index (χ1n) is 6.55. The molecule has 0 saturated heterocycles. The van der Waals surface area contributed by atoms with Crippen LogP contribution in [0.3, 0.4) is 0 Å². The molecule has 2 aromatic rings. The average molecular weight is 242 g/mol. The maximum absolute atomic E-state index is 4.27. The number of hydrogen-bond donors (Lipinski definition) is 1. The van der Waals surface area contributed by atoms with Crippen LogP contribution in [0.25, 0.3) is 10.8 Å². The monoisotopic (exact) mass is 242 g/mol. The molecular weight excluding hydrogens is 220 g/mol. The van der Waals surface area contributed by atoms with Crippen molar-refractivity contribution in [2.45, 2.75) is 38.6 Å². The van der Waals surface area contributed by atoms with Gasteiger partial charge in [-0.1, -0.05) is 32.0 Å². The van der Waals surface area contributed by atoms with Crippen molar-refractivity contribution >= 4 is 10.8 Å². The zero-order valence-electron chi connectivity index (χ0n) is 11.7. The van der Waals surface area contributed by atoms with Crippen molar-refractivity contribution in [1.82, 2.24) is 10.3 Å². The molecule has 0 aliphatic heterocycles. The van der Waals surface area contributed by atoms with Crippen molar-refractivity contribution in [2.24, 2.45) is 0 Å². The summed E-state index contributed by atoms with van der Waals surface area (Å²) in [6.07, 6.45) is 4.95. The second-order valence-corrected chi connectivity index (χ2v) is 5.68. The molecule has 2 heteroatoms. The van der Waals surface area contributed by atoms with Crippen LogP contribution in [-0.2, 0) is 5.41 Å². The number of fused-ring (bicyclic) bond motifs is 1. The highest BCUT2D eigenvalue weighted by atomic mass is 14.9. The van der Waals surface area contributed by atoms with Gasteiger partial charge in [-0.2, -0.15) is 0 Å². The predicted octanol–water partition coefficient (Wildman–Crippen LogP) is 3.51. The Morgan fingerprint density at radius 2 is 2.06 bits per heavy atom. The minimum atomic E-state index is 0.144. The molecule has 2 rings (SSSR count). The Labute approximate surface area is 109 Å². The Kier molecular flexibility index (Phi) is 3.67. The highest BCUT2D eigenvalue weighted by Crippen LogP contribution is 2.33. The summed E-state index contributed by atoms with van der Waals surface area (Å²) in [6.45, 7) is 6.84. The van der Waals surface area contributed by atoms with Crippen LogP contribution in [0.4, 0.5) is 0 Å². The van der Waals surface area contributed by atoms with E-state index in [2.05, 4.69) is 55.3 Å². The predicted molar refractivity (Wildman–Crippen MR) is 77.9 cm³/mol. The number of nitrogens with one attached hydrogen (secondary N) is 1. The third-order valence-electron chi connectivity index (χ3n) is 3.72. The smallest absolute Gasteiger partial charge is 0.0349 e. The molecule has 1 unspecified atom stereocenters. The molecule has 1 aromatic heterocycles. The zero-order chi connectivity index (χ0) is 13.2. The topological polar surface area (TPSA) is 24.9 Å². The van der Waals surface area contributed by atoms with E-state index >= 15 is 0 Å². The van der Waals surface area contributed by atoms with Crippen LogP contribution in [0.1, 0.15) is 32.8 Å². The largest absolute Gasteiger partial charge is 0.317 e. The van der Waals surface area contributed by atoms with Crippen LogP contribution in [0.2, 0.25) is 0 Å². The first-order chi connectivity index (χ1) is 8.54. The quantitative estimate of drug-likeness (QED) is 0.887. The summed E-state index contributed by atoms with van der Waals surface area (Å²) < 4.78 is 0. The van der Waals surface area contributed by atoms with Crippen LogP contribution in [0.5, 0.6) is 0 Å².